The average Bonchev–Trinajstić information content (AvgIpc) is 3.14. The van der Waals surface area contributed by atoms with E-state index in [0.717, 1.165) is 28.6 Å². The highest BCUT2D eigenvalue weighted by atomic mass is 127. The van der Waals surface area contributed by atoms with Gasteiger partial charge in [0, 0.05) is 34.3 Å². The zero-order chi connectivity index (χ0) is 19.2. The molecule has 28 heavy (non-hydrogen) atoms. The molecule has 1 heterocycles. The molecule has 0 bridgehead atoms. The Bertz CT molecular complexity index is 802. The van der Waals surface area contributed by atoms with E-state index >= 15 is 0 Å². The molecule has 0 aliphatic carbocycles. The number of guanidine groups is 1. The van der Waals surface area contributed by atoms with Crippen LogP contribution in [0.1, 0.15) is 17.2 Å². The fourth-order valence-corrected chi connectivity index (χ4v) is 2.97. The van der Waals surface area contributed by atoms with E-state index in [9.17, 15) is 4.39 Å². The molecule has 1 aliphatic rings. The van der Waals surface area contributed by atoms with Crippen LogP contribution in [0.5, 0.6) is 11.5 Å². The smallest absolute Gasteiger partial charge is 0.231 e. The monoisotopic (exact) mass is 501 g/mol. The summed E-state index contributed by atoms with van der Waals surface area (Å²) in [5.74, 6) is 2.00. The van der Waals surface area contributed by atoms with Crippen LogP contribution in [0.15, 0.2) is 47.5 Å². The standard InChI is InChI=1S/C20H24FN3O3.HI/c1-22-20(23-11-19(25-3)15-5-7-16(21)8-6-15)24(2)12-14-4-9-17-18(10-14)27-13-26-17;/h4-10,19H,11-13H2,1-3H3,(H,22,23);1H. The highest BCUT2D eigenvalue weighted by Gasteiger charge is 2.16. The molecule has 8 heteroatoms. The molecule has 0 amide bonds. The van der Waals surface area contributed by atoms with E-state index < -0.39 is 0 Å². The van der Waals surface area contributed by atoms with Crippen molar-refractivity contribution in [3.63, 3.8) is 0 Å². The zero-order valence-corrected chi connectivity index (χ0v) is 18.5. The van der Waals surface area contributed by atoms with Gasteiger partial charge in [-0.05, 0) is 35.4 Å². The number of nitrogens with zero attached hydrogens (tertiary/aromatic N) is 2. The fraction of sp³-hybridized carbons (Fsp3) is 0.350. The normalized spacial score (nSPS) is 13.6. The Morgan fingerprint density at radius 1 is 1.21 bits per heavy atom. The third-order valence-corrected chi connectivity index (χ3v) is 4.40. The number of hydrogen-bond acceptors (Lipinski definition) is 4. The molecule has 0 radical (unpaired) electrons. The maximum Gasteiger partial charge on any atom is 0.231 e. The Hall–Kier alpha value is -2.07. The quantitative estimate of drug-likeness (QED) is 0.373. The van der Waals surface area contributed by atoms with Gasteiger partial charge in [-0.2, -0.15) is 0 Å². The molecule has 3 rings (SSSR count). The minimum atomic E-state index is -0.263. The third kappa shape index (κ3) is 5.48. The van der Waals surface area contributed by atoms with E-state index in [2.05, 4.69) is 10.3 Å². The van der Waals surface area contributed by atoms with Crippen LogP contribution in [0.25, 0.3) is 0 Å². The molecular formula is C20H25FIN3O3. The predicted molar refractivity (Wildman–Crippen MR) is 117 cm³/mol. The molecule has 1 N–H and O–H groups in total. The number of aliphatic imine (C=N–C) groups is 1. The molecule has 0 aromatic heterocycles. The van der Waals surface area contributed by atoms with Crippen LogP contribution in [0, 0.1) is 5.82 Å². The second-order valence-corrected chi connectivity index (χ2v) is 6.25. The first-order valence-electron chi connectivity index (χ1n) is 8.69. The van der Waals surface area contributed by atoms with Gasteiger partial charge in [-0.25, -0.2) is 4.39 Å². The summed E-state index contributed by atoms with van der Waals surface area (Å²) in [7, 11) is 5.33. The van der Waals surface area contributed by atoms with Gasteiger partial charge in [-0.1, -0.05) is 18.2 Å². The lowest BCUT2D eigenvalue weighted by atomic mass is 10.1. The van der Waals surface area contributed by atoms with Crippen molar-refractivity contribution in [3.05, 3.63) is 59.4 Å². The molecule has 2 aromatic carbocycles. The van der Waals surface area contributed by atoms with Crippen molar-refractivity contribution in [1.29, 1.82) is 0 Å². The summed E-state index contributed by atoms with van der Waals surface area (Å²) >= 11 is 0. The second kappa shape index (κ2) is 10.5. The lowest BCUT2D eigenvalue weighted by Crippen LogP contribution is -2.40. The van der Waals surface area contributed by atoms with Crippen molar-refractivity contribution >= 4 is 29.9 Å². The topological polar surface area (TPSA) is 55.3 Å². The highest BCUT2D eigenvalue weighted by Crippen LogP contribution is 2.32. The summed E-state index contributed by atoms with van der Waals surface area (Å²) in [6.45, 7) is 1.43. The van der Waals surface area contributed by atoms with E-state index in [1.165, 1.54) is 12.1 Å². The number of benzene rings is 2. The van der Waals surface area contributed by atoms with Gasteiger partial charge in [-0.3, -0.25) is 4.99 Å². The largest absolute Gasteiger partial charge is 0.454 e. The van der Waals surface area contributed by atoms with Crippen molar-refractivity contribution in [3.8, 4) is 11.5 Å². The van der Waals surface area contributed by atoms with Crippen molar-refractivity contribution in [2.24, 2.45) is 4.99 Å². The minimum absolute atomic E-state index is 0. The molecule has 1 unspecified atom stereocenters. The first-order chi connectivity index (χ1) is 13.1. The summed E-state index contributed by atoms with van der Waals surface area (Å²) in [4.78, 5) is 6.34. The Balaban J connectivity index is 0.00000280. The van der Waals surface area contributed by atoms with Gasteiger partial charge >= 0.3 is 0 Å². The second-order valence-electron chi connectivity index (χ2n) is 6.25. The Labute approximate surface area is 181 Å². The minimum Gasteiger partial charge on any atom is -0.454 e. The molecule has 1 atom stereocenters. The molecule has 0 saturated carbocycles. The van der Waals surface area contributed by atoms with Gasteiger partial charge < -0.3 is 24.4 Å². The fourth-order valence-electron chi connectivity index (χ4n) is 2.97. The van der Waals surface area contributed by atoms with Crippen LogP contribution < -0.4 is 14.8 Å². The van der Waals surface area contributed by atoms with Crippen LogP contribution in [0.4, 0.5) is 4.39 Å². The number of ether oxygens (including phenoxy) is 3. The molecule has 6 nitrogen and oxygen atoms in total. The number of fused-ring (bicyclic) bond motifs is 1. The summed E-state index contributed by atoms with van der Waals surface area (Å²) in [6.07, 6.45) is -0.207. The van der Waals surface area contributed by atoms with Crippen LogP contribution in [0.2, 0.25) is 0 Å². The van der Waals surface area contributed by atoms with Crippen LogP contribution in [-0.4, -0.2) is 45.4 Å². The van der Waals surface area contributed by atoms with Gasteiger partial charge in [0.1, 0.15) is 5.82 Å². The summed E-state index contributed by atoms with van der Waals surface area (Å²) in [6, 6.07) is 12.2. The van der Waals surface area contributed by atoms with E-state index in [1.54, 1.807) is 26.3 Å². The maximum atomic E-state index is 13.1. The lowest BCUT2D eigenvalue weighted by Gasteiger charge is -2.24. The van der Waals surface area contributed by atoms with Gasteiger partial charge in [-0.15, -0.1) is 24.0 Å². The van der Waals surface area contributed by atoms with Crippen molar-refractivity contribution < 1.29 is 18.6 Å². The number of hydrogen-bond donors (Lipinski definition) is 1. The van der Waals surface area contributed by atoms with Crippen LogP contribution in [0.3, 0.4) is 0 Å². The van der Waals surface area contributed by atoms with Gasteiger partial charge in [0.25, 0.3) is 0 Å². The Kier molecular flexibility index (Phi) is 8.31. The Morgan fingerprint density at radius 2 is 1.93 bits per heavy atom. The summed E-state index contributed by atoms with van der Waals surface area (Å²) in [5.41, 5.74) is 1.99. The number of nitrogens with one attached hydrogen (secondary N) is 1. The predicted octanol–water partition coefficient (Wildman–Crippen LogP) is 3.57. The molecule has 1 aliphatic heterocycles. The van der Waals surface area contributed by atoms with E-state index in [-0.39, 0.29) is 42.7 Å². The van der Waals surface area contributed by atoms with E-state index in [0.29, 0.717) is 13.1 Å². The molecule has 152 valence electrons. The molecular weight excluding hydrogens is 476 g/mol. The van der Waals surface area contributed by atoms with Crippen LogP contribution in [-0.2, 0) is 11.3 Å². The van der Waals surface area contributed by atoms with Gasteiger partial charge in [0.2, 0.25) is 6.79 Å². The molecule has 2 aromatic rings. The van der Waals surface area contributed by atoms with Gasteiger partial charge in [0.05, 0.1) is 6.10 Å². The SMILES string of the molecule is CN=C(NCC(OC)c1ccc(F)cc1)N(C)Cc1ccc2c(c1)OCO2.I. The number of methoxy groups -OCH3 is 1. The van der Waals surface area contributed by atoms with E-state index in [4.69, 9.17) is 14.2 Å². The first-order valence-corrected chi connectivity index (χ1v) is 8.69. The van der Waals surface area contributed by atoms with Gasteiger partial charge in [0.15, 0.2) is 17.5 Å². The highest BCUT2D eigenvalue weighted by molar-refractivity contribution is 14.0. The van der Waals surface area contributed by atoms with Crippen molar-refractivity contribution in [2.75, 3.05) is 34.5 Å². The lowest BCUT2D eigenvalue weighted by molar-refractivity contribution is 0.106. The van der Waals surface area contributed by atoms with E-state index in [1.807, 2.05) is 30.1 Å². The van der Waals surface area contributed by atoms with Crippen LogP contribution >= 0.6 is 24.0 Å². The molecule has 0 saturated heterocycles. The Morgan fingerprint density at radius 3 is 2.61 bits per heavy atom. The first kappa shape index (κ1) is 22.2. The van der Waals surface area contributed by atoms with Crippen molar-refractivity contribution in [2.45, 2.75) is 12.6 Å². The zero-order valence-electron chi connectivity index (χ0n) is 16.1. The number of rotatable bonds is 6. The van der Waals surface area contributed by atoms with Crippen molar-refractivity contribution in [1.82, 2.24) is 10.2 Å². The summed E-state index contributed by atoms with van der Waals surface area (Å²) in [5, 5.41) is 3.31. The molecule has 0 spiro atoms. The number of halogens is 2. The summed E-state index contributed by atoms with van der Waals surface area (Å²) < 4.78 is 29.4. The molecule has 0 fully saturated rings. The third-order valence-electron chi connectivity index (χ3n) is 4.40. The average molecular weight is 501 g/mol. The maximum absolute atomic E-state index is 13.1.